The third-order valence-corrected chi connectivity index (χ3v) is 5.68. The summed E-state index contributed by atoms with van der Waals surface area (Å²) in [4.78, 5) is 55.8. The molecule has 4 N–H and O–H groups in total. The molecule has 0 saturated heterocycles. The molecule has 240 valence electrons. The number of guanidine groups is 1. The number of carbonyl (C=O) groups is 4. The van der Waals surface area contributed by atoms with Crippen molar-refractivity contribution in [1.29, 1.82) is 0 Å². The fraction of sp³-hybridized carbons (Fsp3) is 0.571. The van der Waals surface area contributed by atoms with E-state index in [2.05, 4.69) is 51.2 Å². The van der Waals surface area contributed by atoms with Crippen LogP contribution in [0.15, 0.2) is 28.2 Å². The third-order valence-electron chi connectivity index (χ3n) is 5.00. The minimum Gasteiger partial charge on any atom is -0.492 e. The summed E-state index contributed by atoms with van der Waals surface area (Å²) in [6.45, 7) is 10.5. The van der Waals surface area contributed by atoms with E-state index in [4.69, 9.17) is 19.3 Å². The van der Waals surface area contributed by atoms with Gasteiger partial charge >= 0.3 is 18.3 Å². The van der Waals surface area contributed by atoms with Gasteiger partial charge in [0.05, 0.1) is 6.54 Å². The van der Waals surface area contributed by atoms with Gasteiger partial charge in [0.1, 0.15) is 29.3 Å². The Morgan fingerprint density at radius 1 is 0.884 bits per heavy atom. The van der Waals surface area contributed by atoms with Crippen molar-refractivity contribution in [3.63, 3.8) is 0 Å². The van der Waals surface area contributed by atoms with Gasteiger partial charge in [-0.3, -0.25) is 20.4 Å². The molecule has 0 unspecified atom stereocenters. The summed E-state index contributed by atoms with van der Waals surface area (Å²) in [6.07, 6.45) is -2.37. The molecule has 15 heteroatoms. The van der Waals surface area contributed by atoms with E-state index in [0.29, 0.717) is 30.1 Å². The van der Waals surface area contributed by atoms with Crippen molar-refractivity contribution in [2.75, 3.05) is 19.7 Å². The summed E-state index contributed by atoms with van der Waals surface area (Å²) in [6, 6.07) is 5.56. The van der Waals surface area contributed by atoms with Crippen LogP contribution in [0.1, 0.15) is 71.9 Å². The van der Waals surface area contributed by atoms with E-state index in [1.807, 2.05) is 12.1 Å². The van der Waals surface area contributed by atoms with Crippen molar-refractivity contribution >= 4 is 61.1 Å². The first-order valence-electron chi connectivity index (χ1n) is 13.6. The normalized spacial score (nSPS) is 11.7. The topological polar surface area (TPSA) is 177 Å². The van der Waals surface area contributed by atoms with Gasteiger partial charge in [0.2, 0.25) is 5.96 Å². The van der Waals surface area contributed by atoms with Crippen LogP contribution in [0.25, 0.3) is 0 Å². The number of hydrogen-bond acceptors (Lipinski definition) is 10. The van der Waals surface area contributed by atoms with Gasteiger partial charge in [-0.2, -0.15) is 30.2 Å². The number of amides is 4. The van der Waals surface area contributed by atoms with Crippen molar-refractivity contribution in [2.45, 2.75) is 83.5 Å². The molecule has 0 fully saturated rings. The molecular formula is C28H43N5O8S2. The number of aliphatic imine (C=N–C) groups is 2. The second-order valence-electron chi connectivity index (χ2n) is 11.1. The predicted octanol–water partition coefficient (Wildman–Crippen LogP) is 4.74. The molecule has 1 aromatic rings. The Hall–Kier alpha value is -3.46. The van der Waals surface area contributed by atoms with Crippen LogP contribution in [0.3, 0.4) is 0 Å². The molecule has 0 bridgehead atoms. The fourth-order valence-electron chi connectivity index (χ4n) is 3.27. The first kappa shape index (κ1) is 37.6. The predicted molar refractivity (Wildman–Crippen MR) is 171 cm³/mol. The molecule has 4 amide bonds. The molecule has 0 heterocycles. The number of benzene rings is 1. The lowest BCUT2D eigenvalue weighted by atomic mass is 10.1. The minimum absolute atomic E-state index is 0.0549. The molecular weight excluding hydrogens is 598 g/mol. The van der Waals surface area contributed by atoms with Crippen LogP contribution in [-0.2, 0) is 25.8 Å². The fourth-order valence-corrected chi connectivity index (χ4v) is 3.87. The Balaban J connectivity index is 2.69. The van der Waals surface area contributed by atoms with Crippen molar-refractivity contribution in [3.05, 3.63) is 29.3 Å². The van der Waals surface area contributed by atoms with Gasteiger partial charge in [0.25, 0.3) is 5.91 Å². The average Bonchev–Trinajstić information content (AvgIpc) is 2.87. The molecule has 13 nitrogen and oxygen atoms in total. The Labute approximate surface area is 263 Å². The second-order valence-corrected chi connectivity index (χ2v) is 11.8. The Morgan fingerprint density at radius 2 is 1.47 bits per heavy atom. The van der Waals surface area contributed by atoms with Gasteiger partial charge in [-0.25, -0.2) is 14.4 Å². The highest BCUT2D eigenvalue weighted by Gasteiger charge is 2.21. The number of carboxylic acid groups (broad SMARTS) is 1. The first-order valence-corrected chi connectivity index (χ1v) is 14.9. The molecule has 1 rings (SSSR count). The lowest BCUT2D eigenvalue weighted by molar-refractivity contribution is -0.115. The third kappa shape index (κ3) is 17.3. The highest BCUT2D eigenvalue weighted by molar-refractivity contribution is 7.79. The number of ether oxygens (including phenoxy) is 3. The van der Waals surface area contributed by atoms with E-state index in [1.165, 1.54) is 0 Å². The molecule has 43 heavy (non-hydrogen) atoms. The molecule has 0 radical (unpaired) electrons. The molecule has 1 aromatic carbocycles. The maximum atomic E-state index is 12.6. The summed E-state index contributed by atoms with van der Waals surface area (Å²) < 4.78 is 16.1. The molecule has 0 aliphatic rings. The van der Waals surface area contributed by atoms with Crippen LogP contribution >= 0.6 is 25.3 Å². The molecule has 0 atom stereocenters. The summed E-state index contributed by atoms with van der Waals surface area (Å²) >= 11 is 8.60. The summed E-state index contributed by atoms with van der Waals surface area (Å²) in [7, 11) is 0. The van der Waals surface area contributed by atoms with E-state index in [9.17, 15) is 19.2 Å². The highest BCUT2D eigenvalue weighted by atomic mass is 32.1. The van der Waals surface area contributed by atoms with Crippen LogP contribution in [0.2, 0.25) is 0 Å². The maximum absolute atomic E-state index is 12.6. The van der Waals surface area contributed by atoms with E-state index >= 15 is 0 Å². The van der Waals surface area contributed by atoms with E-state index < -0.39 is 35.4 Å². The van der Waals surface area contributed by atoms with Gasteiger partial charge in [-0.05, 0) is 84.1 Å². The lowest BCUT2D eigenvalue weighted by Crippen LogP contribution is -2.47. The van der Waals surface area contributed by atoms with Crippen LogP contribution in [0.4, 0.5) is 14.4 Å². The lowest BCUT2D eigenvalue weighted by Gasteiger charge is -2.22. The number of carbonyl (C=O) groups excluding carboxylic acids is 3. The maximum Gasteiger partial charge on any atom is 0.431 e. The van der Waals surface area contributed by atoms with Crippen molar-refractivity contribution in [3.8, 4) is 5.75 Å². The van der Waals surface area contributed by atoms with Crippen LogP contribution < -0.4 is 20.7 Å². The number of thiol groups is 2. The van der Waals surface area contributed by atoms with Crippen molar-refractivity contribution < 1.29 is 38.5 Å². The zero-order valence-electron chi connectivity index (χ0n) is 25.5. The number of alkyl carbamates (subject to hydrolysis) is 2. The summed E-state index contributed by atoms with van der Waals surface area (Å²) in [5, 5.41) is 16.5. The molecule has 0 saturated carbocycles. The summed E-state index contributed by atoms with van der Waals surface area (Å²) in [5.41, 5.74) is 0.330. The zero-order valence-corrected chi connectivity index (χ0v) is 27.3. The quantitative estimate of drug-likeness (QED) is 0.0821. The van der Waals surface area contributed by atoms with Crippen LogP contribution in [0, 0.1) is 0 Å². The van der Waals surface area contributed by atoms with Crippen molar-refractivity contribution in [2.24, 2.45) is 9.98 Å². The molecule has 0 aliphatic heterocycles. The van der Waals surface area contributed by atoms with E-state index in [-0.39, 0.29) is 37.8 Å². The largest absolute Gasteiger partial charge is 0.492 e. The van der Waals surface area contributed by atoms with Gasteiger partial charge in [0.15, 0.2) is 0 Å². The average molecular weight is 642 g/mol. The second kappa shape index (κ2) is 18.3. The van der Waals surface area contributed by atoms with Crippen molar-refractivity contribution in [1.82, 2.24) is 16.0 Å². The molecule has 0 aromatic heterocycles. The Morgan fingerprint density at radius 3 is 1.98 bits per heavy atom. The van der Waals surface area contributed by atoms with Gasteiger partial charge in [0, 0.05) is 18.1 Å². The highest BCUT2D eigenvalue weighted by Crippen LogP contribution is 2.21. The molecule has 0 spiro atoms. The van der Waals surface area contributed by atoms with E-state index in [0.717, 1.165) is 11.1 Å². The van der Waals surface area contributed by atoms with Gasteiger partial charge in [-0.15, -0.1) is 0 Å². The van der Waals surface area contributed by atoms with Gasteiger partial charge < -0.3 is 24.6 Å². The number of hydrogen-bond donors (Lipinski definition) is 6. The number of unbranched alkanes of at least 4 members (excludes halogenated alkanes) is 1. The molecule has 0 aliphatic carbocycles. The zero-order chi connectivity index (χ0) is 32.6. The Bertz CT molecular complexity index is 1140. The Kier molecular flexibility index (Phi) is 16.0. The number of nitrogens with zero attached hydrogens (tertiary/aromatic N) is 2. The monoisotopic (exact) mass is 641 g/mol. The van der Waals surface area contributed by atoms with Crippen LogP contribution in [0.5, 0.6) is 5.75 Å². The van der Waals surface area contributed by atoms with Crippen LogP contribution in [-0.4, -0.2) is 71.9 Å². The number of nitrogens with one attached hydrogen (secondary N) is 3. The smallest absolute Gasteiger partial charge is 0.431 e. The SMILES string of the molecule is CC(C)(C)OC(=O)NC(=NCCCCC(=NC(=O)O)C(=O)NCCOc1ccc(CS)c(CS)c1)NC(=O)OC(C)(C)C. The summed E-state index contributed by atoms with van der Waals surface area (Å²) in [5.74, 6) is 0.923. The first-order chi connectivity index (χ1) is 20.0. The minimum atomic E-state index is -1.49. The van der Waals surface area contributed by atoms with E-state index in [1.54, 1.807) is 47.6 Å². The standard InChI is InChI=1S/C28H43N5O8S2/c1-27(2,3)40-25(37)32-23(33-26(38)41-28(4,5)6)30-12-8-7-9-21(31-24(35)36)22(34)29-13-14-39-20-11-10-18(16-42)19(15-20)17-43/h10-11,15,42-43H,7-9,12-14,16-17H2,1-6H3,(H,29,34)(H,35,36)(H2,30,32,33,37,38). The van der Waals surface area contributed by atoms with Gasteiger partial charge in [-0.1, -0.05) is 6.07 Å². The number of rotatable bonds is 12.